The van der Waals surface area contributed by atoms with E-state index in [-0.39, 0.29) is 16.6 Å². The lowest BCUT2D eigenvalue weighted by atomic mass is 10.0. The van der Waals surface area contributed by atoms with Crippen molar-refractivity contribution in [2.45, 2.75) is 37.8 Å². The van der Waals surface area contributed by atoms with Crippen molar-refractivity contribution in [1.82, 2.24) is 34.7 Å². The largest absolute Gasteiger partial charge is 0.484 e. The van der Waals surface area contributed by atoms with E-state index in [1.807, 2.05) is 24.4 Å². The molecule has 2 aromatic carbocycles. The number of nitro groups is 1. The maximum absolute atomic E-state index is 12.7. The summed E-state index contributed by atoms with van der Waals surface area (Å²) in [5.41, 5.74) is 3.99. The number of H-pyrrole nitrogens is 1. The van der Waals surface area contributed by atoms with Crippen LogP contribution in [0.2, 0.25) is 0 Å². The average Bonchev–Trinajstić information content (AvgIpc) is 3.91. The monoisotopic (exact) mass is 723 g/mol. The number of nitrogens with zero attached hydrogens (tertiary/aromatic N) is 8. The lowest BCUT2D eigenvalue weighted by Crippen LogP contribution is -2.53. The molecule has 3 aromatic heterocycles. The van der Waals surface area contributed by atoms with E-state index in [0.29, 0.717) is 66.7 Å². The van der Waals surface area contributed by atoms with Crippen molar-refractivity contribution in [1.29, 1.82) is 0 Å². The number of hydrogen-bond donors (Lipinski definition) is 3. The quantitative estimate of drug-likeness (QED) is 0.104. The molecular weight excluding hydrogens is 681 g/mol. The van der Waals surface area contributed by atoms with Crippen LogP contribution in [0.4, 0.5) is 34.5 Å². The smallest absolute Gasteiger partial charge is 0.298 e. The molecule has 16 heteroatoms. The van der Waals surface area contributed by atoms with Crippen LogP contribution in [0.15, 0.2) is 42.9 Å². The van der Waals surface area contributed by atoms with Crippen molar-refractivity contribution in [3.8, 4) is 11.5 Å². The van der Waals surface area contributed by atoms with Crippen LogP contribution in [-0.2, 0) is 0 Å². The van der Waals surface area contributed by atoms with Crippen LogP contribution in [0, 0.1) is 10.1 Å². The predicted molar refractivity (Wildman–Crippen MR) is 204 cm³/mol. The molecule has 1 aliphatic carbocycles. The highest BCUT2D eigenvalue weighted by atomic mass is 31.1. The molecular formula is C36H42N11O4P. The highest BCUT2D eigenvalue weighted by Crippen LogP contribution is 2.51. The summed E-state index contributed by atoms with van der Waals surface area (Å²) >= 11 is 0. The first-order chi connectivity index (χ1) is 25.4. The number of anilines is 5. The van der Waals surface area contributed by atoms with Crippen LogP contribution in [-0.4, -0.2) is 118 Å². The van der Waals surface area contributed by atoms with Crippen molar-refractivity contribution in [3.05, 3.63) is 53.0 Å². The van der Waals surface area contributed by atoms with Gasteiger partial charge in [0.15, 0.2) is 17.2 Å². The zero-order chi connectivity index (χ0) is 35.3. The van der Waals surface area contributed by atoms with Gasteiger partial charge in [-0.1, -0.05) is 7.92 Å². The maximum atomic E-state index is 12.7. The van der Waals surface area contributed by atoms with Gasteiger partial charge in [-0.2, -0.15) is 9.97 Å². The van der Waals surface area contributed by atoms with Crippen LogP contribution in [0.5, 0.6) is 11.5 Å². The first-order valence-electron chi connectivity index (χ1n) is 18.1. The first-order valence-corrected chi connectivity index (χ1v) is 20.3. The van der Waals surface area contributed by atoms with E-state index in [2.05, 4.69) is 53.6 Å². The number of benzene rings is 2. The molecule has 2 saturated heterocycles. The molecule has 3 N–H and O–H groups in total. The second kappa shape index (κ2) is 13.6. The molecule has 6 heterocycles. The van der Waals surface area contributed by atoms with E-state index >= 15 is 0 Å². The number of aromatic nitrogens is 5. The standard InChI is InChI=1S/C36H42N11O4P/c1-52(2)33-26(6-5-25-29(33)38-12-11-37-25)40-35-24-7-10-39-34(24)42-36(43-35)41-27-21-28(47(48)49)30(32-31(27)50-19-20-51-32)46-13-8-23(9-14-46)45-17-15-44(16-18-45)22-3-4-22/h5-7,10-12,21-23H,3-4,8-9,13-20H2,1-2H3,(H3,39,40,41,42,43). The van der Waals surface area contributed by atoms with E-state index < -0.39 is 7.92 Å². The van der Waals surface area contributed by atoms with Gasteiger partial charge in [0.05, 0.1) is 27.0 Å². The molecule has 1 saturated carbocycles. The Balaban J connectivity index is 1.01. The van der Waals surface area contributed by atoms with Crippen LogP contribution in [0.1, 0.15) is 25.7 Å². The van der Waals surface area contributed by atoms with Gasteiger partial charge in [-0.25, -0.2) is 0 Å². The van der Waals surface area contributed by atoms with Crippen molar-refractivity contribution >= 4 is 69.8 Å². The van der Waals surface area contributed by atoms with Gasteiger partial charge in [-0.3, -0.25) is 29.9 Å². The highest BCUT2D eigenvalue weighted by molar-refractivity contribution is 7.65. The Morgan fingerprint density at radius 1 is 0.865 bits per heavy atom. The van der Waals surface area contributed by atoms with Crippen molar-refractivity contribution in [3.63, 3.8) is 0 Å². The number of nitro benzene ring substituents is 1. The lowest BCUT2D eigenvalue weighted by Gasteiger charge is -2.43. The minimum absolute atomic E-state index is 0.0382. The van der Waals surface area contributed by atoms with E-state index in [9.17, 15) is 10.1 Å². The second-order valence-corrected chi connectivity index (χ2v) is 16.3. The van der Waals surface area contributed by atoms with E-state index in [1.165, 1.54) is 18.9 Å². The Bertz CT molecular complexity index is 2140. The number of hydrogen-bond acceptors (Lipinski definition) is 13. The molecule has 9 rings (SSSR count). The summed E-state index contributed by atoms with van der Waals surface area (Å²) in [7, 11) is -0.559. The fourth-order valence-electron chi connectivity index (χ4n) is 8.00. The second-order valence-electron chi connectivity index (χ2n) is 14.1. The van der Waals surface area contributed by atoms with Gasteiger partial charge in [-0.05, 0) is 57.2 Å². The Kier molecular flexibility index (Phi) is 8.64. The third kappa shape index (κ3) is 6.20. The Morgan fingerprint density at radius 3 is 2.29 bits per heavy atom. The third-order valence-electron chi connectivity index (χ3n) is 10.6. The van der Waals surface area contributed by atoms with Gasteiger partial charge >= 0.3 is 0 Å². The van der Waals surface area contributed by atoms with Crippen molar-refractivity contribution in [2.24, 2.45) is 0 Å². The molecule has 5 aromatic rings. The highest BCUT2D eigenvalue weighted by Gasteiger charge is 2.37. The van der Waals surface area contributed by atoms with E-state index in [0.717, 1.165) is 72.5 Å². The molecule has 270 valence electrons. The molecule has 4 aliphatic rings. The van der Waals surface area contributed by atoms with Crippen molar-refractivity contribution in [2.75, 3.05) is 81.3 Å². The summed E-state index contributed by atoms with van der Waals surface area (Å²) < 4.78 is 12.4. The van der Waals surface area contributed by atoms with Gasteiger partial charge in [0.2, 0.25) is 5.95 Å². The molecule has 0 unspecified atom stereocenters. The minimum Gasteiger partial charge on any atom is -0.484 e. The number of ether oxygens (including phenoxy) is 2. The van der Waals surface area contributed by atoms with Gasteiger partial charge in [0.1, 0.15) is 24.7 Å². The molecule has 0 bridgehead atoms. The Hall–Kier alpha value is -4.85. The van der Waals surface area contributed by atoms with Gasteiger partial charge in [-0.15, -0.1) is 0 Å². The molecule has 15 nitrogen and oxygen atoms in total. The summed E-state index contributed by atoms with van der Waals surface area (Å²) in [6.45, 7) is 10.9. The number of rotatable bonds is 9. The SMILES string of the molecule is CP(C)c1c(Nc2nc(Nc3cc([N+](=O)[O-])c(N4CCC(N5CCN(C6CC6)CC5)CC4)c4c3OCCO4)nc3[nH]ccc23)ccc2nccnc12. The summed E-state index contributed by atoms with van der Waals surface area (Å²) in [6.07, 6.45) is 9.79. The number of piperidine rings is 1. The predicted octanol–water partition coefficient (Wildman–Crippen LogP) is 5.18. The first kappa shape index (κ1) is 33.0. The molecule has 0 spiro atoms. The van der Waals surface area contributed by atoms with Crippen LogP contribution < -0.4 is 30.3 Å². The molecule has 3 fully saturated rings. The fourth-order valence-corrected chi connectivity index (χ4v) is 9.21. The molecule has 0 radical (unpaired) electrons. The van der Waals surface area contributed by atoms with Crippen molar-refractivity contribution < 1.29 is 14.4 Å². The average molecular weight is 724 g/mol. The summed E-state index contributed by atoms with van der Waals surface area (Å²) in [6, 6.07) is 8.69. The zero-order valence-electron chi connectivity index (χ0n) is 29.3. The van der Waals surface area contributed by atoms with Crippen LogP contribution in [0.3, 0.4) is 0 Å². The maximum Gasteiger partial charge on any atom is 0.298 e. The number of piperazine rings is 1. The fraction of sp³-hybridized carbons (Fsp3) is 0.444. The number of nitrogens with one attached hydrogen (secondary N) is 3. The lowest BCUT2D eigenvalue weighted by molar-refractivity contribution is -0.384. The molecule has 0 atom stereocenters. The topological polar surface area (TPSA) is 163 Å². The normalized spacial score (nSPS) is 18.7. The molecule has 3 aliphatic heterocycles. The minimum atomic E-state index is -0.559. The summed E-state index contributed by atoms with van der Waals surface area (Å²) in [5, 5.41) is 21.4. The Morgan fingerprint density at radius 2 is 1.58 bits per heavy atom. The summed E-state index contributed by atoms with van der Waals surface area (Å²) in [5.74, 6) is 1.63. The van der Waals surface area contributed by atoms with E-state index in [4.69, 9.17) is 19.4 Å². The van der Waals surface area contributed by atoms with Crippen LogP contribution >= 0.6 is 7.92 Å². The Labute approximate surface area is 302 Å². The number of fused-ring (bicyclic) bond motifs is 3. The third-order valence-corrected chi connectivity index (χ3v) is 12.0. The zero-order valence-corrected chi connectivity index (χ0v) is 30.2. The number of aromatic amines is 1. The summed E-state index contributed by atoms with van der Waals surface area (Å²) in [4.78, 5) is 41.7. The van der Waals surface area contributed by atoms with Gasteiger partial charge < -0.3 is 30.0 Å². The van der Waals surface area contributed by atoms with Gasteiger partial charge in [0, 0.05) is 87.0 Å². The molecule has 0 amide bonds. The van der Waals surface area contributed by atoms with Crippen LogP contribution in [0.25, 0.3) is 22.1 Å². The molecule has 52 heavy (non-hydrogen) atoms. The van der Waals surface area contributed by atoms with Gasteiger partial charge in [0.25, 0.3) is 5.69 Å². The van der Waals surface area contributed by atoms with E-state index in [1.54, 1.807) is 12.4 Å².